The van der Waals surface area contributed by atoms with Crippen molar-refractivity contribution in [3.05, 3.63) is 47.1 Å². The highest BCUT2D eigenvalue weighted by atomic mass is 35.5. The molecule has 0 aliphatic heterocycles. The third-order valence-electron chi connectivity index (χ3n) is 2.40. The van der Waals surface area contributed by atoms with E-state index in [1.54, 1.807) is 6.07 Å². The van der Waals surface area contributed by atoms with Crippen LogP contribution in [-0.4, -0.2) is 18.1 Å². The minimum absolute atomic E-state index is 0.291. The number of nitrogens with two attached hydrogens (primary N) is 1. The number of hydrogen-bond donors (Lipinski definition) is 1. The molecule has 0 amide bonds. The van der Waals surface area contributed by atoms with Crippen LogP contribution >= 0.6 is 23.4 Å². The molecule has 2 aromatic rings. The van der Waals surface area contributed by atoms with Crippen molar-refractivity contribution >= 4 is 35.0 Å². The Balaban J connectivity index is 2.37. The summed E-state index contributed by atoms with van der Waals surface area (Å²) in [4.78, 5) is 16.5. The van der Waals surface area contributed by atoms with E-state index < -0.39 is 5.97 Å². The van der Waals surface area contributed by atoms with Gasteiger partial charge in [-0.2, -0.15) is 0 Å². The van der Waals surface area contributed by atoms with Crippen molar-refractivity contribution in [2.75, 3.05) is 12.8 Å². The molecular weight excluding hydrogens is 284 g/mol. The first-order valence-corrected chi connectivity index (χ1v) is 6.58. The van der Waals surface area contributed by atoms with Crippen LogP contribution in [0.25, 0.3) is 0 Å². The second-order valence-corrected chi connectivity index (χ2v) is 5.04. The lowest BCUT2D eigenvalue weighted by atomic mass is 10.2. The SMILES string of the molecule is COC(=O)c1ccnc(Sc2ccccc2Cl)c1N. The molecule has 2 rings (SSSR count). The minimum atomic E-state index is -0.485. The van der Waals surface area contributed by atoms with Gasteiger partial charge in [-0.25, -0.2) is 9.78 Å². The number of benzene rings is 1. The highest BCUT2D eigenvalue weighted by Gasteiger charge is 2.15. The van der Waals surface area contributed by atoms with E-state index in [2.05, 4.69) is 9.72 Å². The number of anilines is 1. The first kappa shape index (κ1) is 13.7. The van der Waals surface area contributed by atoms with Crippen LogP contribution in [0.1, 0.15) is 10.4 Å². The lowest BCUT2D eigenvalue weighted by Crippen LogP contribution is -2.07. The van der Waals surface area contributed by atoms with E-state index in [0.717, 1.165) is 4.90 Å². The highest BCUT2D eigenvalue weighted by Crippen LogP contribution is 2.35. The van der Waals surface area contributed by atoms with Crippen LogP contribution in [0.15, 0.2) is 46.5 Å². The normalized spacial score (nSPS) is 10.2. The maximum atomic E-state index is 11.5. The zero-order valence-electron chi connectivity index (χ0n) is 10.1. The second-order valence-electron chi connectivity index (χ2n) is 3.60. The van der Waals surface area contributed by atoms with E-state index in [1.165, 1.54) is 31.1 Å². The Morgan fingerprint density at radius 3 is 2.79 bits per heavy atom. The van der Waals surface area contributed by atoms with Gasteiger partial charge in [-0.15, -0.1) is 0 Å². The van der Waals surface area contributed by atoms with Crippen LogP contribution in [0.3, 0.4) is 0 Å². The molecule has 0 atom stereocenters. The average Bonchev–Trinajstić information content (AvgIpc) is 2.42. The number of methoxy groups -OCH3 is 1. The smallest absolute Gasteiger partial charge is 0.340 e. The van der Waals surface area contributed by atoms with Crippen LogP contribution in [0.4, 0.5) is 5.69 Å². The van der Waals surface area contributed by atoms with Gasteiger partial charge in [0, 0.05) is 11.1 Å². The Hall–Kier alpha value is -1.72. The van der Waals surface area contributed by atoms with Gasteiger partial charge in [0.15, 0.2) is 0 Å². The van der Waals surface area contributed by atoms with E-state index >= 15 is 0 Å². The Morgan fingerprint density at radius 2 is 2.11 bits per heavy atom. The van der Waals surface area contributed by atoms with Crippen LogP contribution in [-0.2, 0) is 4.74 Å². The monoisotopic (exact) mass is 294 g/mol. The lowest BCUT2D eigenvalue weighted by molar-refractivity contribution is 0.0601. The number of carbonyl (C=O) groups is 1. The number of nitrogens with zero attached hydrogens (tertiary/aromatic N) is 1. The molecule has 0 saturated carbocycles. The molecule has 0 bridgehead atoms. The average molecular weight is 295 g/mol. The molecule has 0 fully saturated rings. The molecule has 19 heavy (non-hydrogen) atoms. The first-order chi connectivity index (χ1) is 9.13. The van der Waals surface area contributed by atoms with E-state index in [-0.39, 0.29) is 0 Å². The summed E-state index contributed by atoms with van der Waals surface area (Å²) < 4.78 is 4.66. The lowest BCUT2D eigenvalue weighted by Gasteiger charge is -2.08. The van der Waals surface area contributed by atoms with Crippen LogP contribution in [0, 0.1) is 0 Å². The summed E-state index contributed by atoms with van der Waals surface area (Å²) >= 11 is 7.38. The van der Waals surface area contributed by atoms with Crippen molar-refractivity contribution < 1.29 is 9.53 Å². The molecule has 0 unspecified atom stereocenters. The molecular formula is C13H11ClN2O2S. The minimum Gasteiger partial charge on any atom is -0.465 e. The summed E-state index contributed by atoms with van der Waals surface area (Å²) in [5.74, 6) is -0.485. The topological polar surface area (TPSA) is 65.2 Å². The molecule has 0 aliphatic carbocycles. The summed E-state index contributed by atoms with van der Waals surface area (Å²) in [6.07, 6.45) is 1.52. The first-order valence-electron chi connectivity index (χ1n) is 5.38. The van der Waals surface area contributed by atoms with Gasteiger partial charge in [0.1, 0.15) is 5.03 Å². The van der Waals surface area contributed by atoms with E-state index in [9.17, 15) is 4.79 Å². The zero-order valence-corrected chi connectivity index (χ0v) is 11.7. The number of rotatable bonds is 3. The fourth-order valence-electron chi connectivity index (χ4n) is 1.45. The third kappa shape index (κ3) is 3.00. The summed E-state index contributed by atoms with van der Waals surface area (Å²) in [5, 5.41) is 1.13. The molecule has 0 spiro atoms. The van der Waals surface area contributed by atoms with E-state index in [4.69, 9.17) is 17.3 Å². The number of carbonyl (C=O) groups excluding carboxylic acids is 1. The van der Waals surface area contributed by atoms with Gasteiger partial charge in [0.25, 0.3) is 0 Å². The van der Waals surface area contributed by atoms with Crippen molar-refractivity contribution in [1.82, 2.24) is 4.98 Å². The van der Waals surface area contributed by atoms with Gasteiger partial charge in [-0.1, -0.05) is 35.5 Å². The number of aromatic nitrogens is 1. The Bertz CT molecular complexity index is 619. The number of ether oxygens (including phenoxy) is 1. The van der Waals surface area contributed by atoms with Crippen molar-refractivity contribution in [3.8, 4) is 0 Å². The van der Waals surface area contributed by atoms with Gasteiger partial charge in [-0.05, 0) is 18.2 Å². The van der Waals surface area contributed by atoms with Crippen LogP contribution in [0.5, 0.6) is 0 Å². The Labute approximate surface area is 119 Å². The van der Waals surface area contributed by atoms with Gasteiger partial charge >= 0.3 is 5.97 Å². The maximum absolute atomic E-state index is 11.5. The summed E-state index contributed by atoms with van der Waals surface area (Å²) in [5.41, 5.74) is 6.52. The van der Waals surface area contributed by atoms with Gasteiger partial charge < -0.3 is 10.5 Å². The van der Waals surface area contributed by atoms with Gasteiger partial charge in [0.05, 0.1) is 23.4 Å². The molecule has 1 aromatic carbocycles. The zero-order chi connectivity index (χ0) is 13.8. The number of hydrogen-bond acceptors (Lipinski definition) is 5. The van der Waals surface area contributed by atoms with Crippen LogP contribution in [0.2, 0.25) is 5.02 Å². The molecule has 0 aliphatic rings. The molecule has 6 heteroatoms. The standard InChI is InChI=1S/C13H11ClN2O2S/c1-18-13(17)8-6-7-16-12(11(8)15)19-10-5-3-2-4-9(10)14/h2-7H,15H2,1H3. The van der Waals surface area contributed by atoms with Crippen molar-refractivity contribution in [3.63, 3.8) is 0 Å². The molecule has 0 saturated heterocycles. The van der Waals surface area contributed by atoms with Crippen molar-refractivity contribution in [1.29, 1.82) is 0 Å². The number of esters is 1. The molecule has 4 nitrogen and oxygen atoms in total. The highest BCUT2D eigenvalue weighted by molar-refractivity contribution is 7.99. The van der Waals surface area contributed by atoms with Crippen LogP contribution < -0.4 is 5.73 Å². The predicted octanol–water partition coefficient (Wildman–Crippen LogP) is 3.26. The molecule has 0 radical (unpaired) electrons. The number of nitrogen functional groups attached to an aromatic ring is 1. The molecule has 2 N–H and O–H groups in total. The fourth-order valence-corrected chi connectivity index (χ4v) is 2.56. The summed E-state index contributed by atoms with van der Waals surface area (Å²) in [7, 11) is 1.31. The molecule has 1 heterocycles. The fraction of sp³-hybridized carbons (Fsp3) is 0.0769. The molecule has 98 valence electrons. The van der Waals surface area contributed by atoms with Gasteiger partial charge in [0.2, 0.25) is 0 Å². The summed E-state index contributed by atoms with van der Waals surface area (Å²) in [6.45, 7) is 0. The van der Waals surface area contributed by atoms with Crippen molar-refractivity contribution in [2.24, 2.45) is 0 Å². The quantitative estimate of drug-likeness (QED) is 0.880. The largest absolute Gasteiger partial charge is 0.465 e. The Morgan fingerprint density at radius 1 is 1.37 bits per heavy atom. The second kappa shape index (κ2) is 5.95. The Kier molecular flexibility index (Phi) is 4.29. The van der Waals surface area contributed by atoms with Crippen molar-refractivity contribution in [2.45, 2.75) is 9.92 Å². The molecule has 1 aromatic heterocycles. The van der Waals surface area contributed by atoms with E-state index in [0.29, 0.717) is 21.3 Å². The predicted molar refractivity (Wildman–Crippen MR) is 75.6 cm³/mol. The number of halogens is 1. The maximum Gasteiger partial charge on any atom is 0.340 e. The summed E-state index contributed by atoms with van der Waals surface area (Å²) in [6, 6.07) is 8.88. The van der Waals surface area contributed by atoms with E-state index in [1.807, 2.05) is 18.2 Å². The van der Waals surface area contributed by atoms with Gasteiger partial charge in [-0.3, -0.25) is 0 Å². The number of pyridine rings is 1. The third-order valence-corrected chi connectivity index (χ3v) is 3.94.